The third-order valence-corrected chi connectivity index (χ3v) is 2.42. The molecule has 1 aromatic heterocycles. The number of nitrogens with zero attached hydrogens (tertiary/aromatic N) is 2. The maximum Gasteiger partial charge on any atom is 0.0955 e. The molecule has 0 N–H and O–H groups in total. The van der Waals surface area contributed by atoms with Crippen molar-refractivity contribution in [2.75, 3.05) is 0 Å². The van der Waals surface area contributed by atoms with Crippen LogP contribution in [0.5, 0.6) is 0 Å². The molecule has 1 aromatic carbocycles. The van der Waals surface area contributed by atoms with Gasteiger partial charge in [-0.2, -0.15) is 0 Å². The third kappa shape index (κ3) is 2.38. The molecule has 15 heavy (non-hydrogen) atoms. The molecule has 0 atom stereocenters. The second-order valence-corrected chi connectivity index (χ2v) is 3.76. The summed E-state index contributed by atoms with van der Waals surface area (Å²) in [6.07, 6.45) is 1.86. The van der Waals surface area contributed by atoms with E-state index in [0.29, 0.717) is 5.92 Å². The molecule has 0 saturated heterocycles. The Labute approximate surface area is 91.9 Å². The molecule has 1 heterocycles. The van der Waals surface area contributed by atoms with Crippen molar-refractivity contribution in [1.82, 2.24) is 9.55 Å². The molecule has 0 saturated carbocycles. The Hall–Kier alpha value is -1.31. The van der Waals surface area contributed by atoms with Gasteiger partial charge in [0.2, 0.25) is 0 Å². The van der Waals surface area contributed by atoms with Crippen molar-refractivity contribution < 1.29 is 0 Å². The van der Waals surface area contributed by atoms with E-state index in [1.165, 1.54) is 11.1 Å². The van der Waals surface area contributed by atoms with Gasteiger partial charge in [-0.25, -0.2) is 4.98 Å². The summed E-state index contributed by atoms with van der Waals surface area (Å²) in [4.78, 5) is 4.32. The maximum atomic E-state index is 4.32. The molecule has 2 rings (SSSR count). The minimum absolute atomic E-state index is 0.575. The van der Waals surface area contributed by atoms with Crippen molar-refractivity contribution in [3.8, 4) is 0 Å². The molecule has 0 spiro atoms. The summed E-state index contributed by atoms with van der Waals surface area (Å²) < 4.78 is 2.04. The van der Waals surface area contributed by atoms with E-state index in [-0.39, 0.29) is 0 Å². The Morgan fingerprint density at radius 2 is 1.87 bits per heavy atom. The molecule has 2 aromatic rings. The number of aryl methyl sites for hydroxylation is 1. The predicted octanol–water partition coefficient (Wildman–Crippen LogP) is 3.72. The zero-order chi connectivity index (χ0) is 11.4. The molecule has 0 unspecified atom stereocenters. The van der Waals surface area contributed by atoms with E-state index in [1.54, 1.807) is 0 Å². The average Bonchev–Trinajstić information content (AvgIpc) is 2.63. The summed E-state index contributed by atoms with van der Waals surface area (Å²) in [5.41, 5.74) is 3.64. The van der Waals surface area contributed by atoms with Gasteiger partial charge in [-0.15, -0.1) is 0 Å². The van der Waals surface area contributed by atoms with Crippen molar-refractivity contribution in [3.63, 3.8) is 0 Å². The van der Waals surface area contributed by atoms with Crippen LogP contribution in [0.15, 0.2) is 24.5 Å². The van der Waals surface area contributed by atoms with Crippen LogP contribution < -0.4 is 0 Å². The van der Waals surface area contributed by atoms with Gasteiger partial charge in [0.1, 0.15) is 0 Å². The van der Waals surface area contributed by atoms with Crippen molar-refractivity contribution >= 4 is 11.0 Å². The van der Waals surface area contributed by atoms with Crippen LogP contribution in [0.1, 0.15) is 39.2 Å². The predicted molar refractivity (Wildman–Crippen MR) is 66.2 cm³/mol. The molecule has 0 fully saturated rings. The zero-order valence-corrected chi connectivity index (χ0v) is 10.3. The van der Waals surface area contributed by atoms with Crippen molar-refractivity contribution in [1.29, 1.82) is 0 Å². The van der Waals surface area contributed by atoms with Gasteiger partial charge < -0.3 is 4.57 Å². The number of hydrogen-bond acceptors (Lipinski definition) is 1. The van der Waals surface area contributed by atoms with Gasteiger partial charge in [-0.1, -0.05) is 33.8 Å². The quantitative estimate of drug-likeness (QED) is 0.692. The first-order valence-electron chi connectivity index (χ1n) is 5.59. The maximum absolute atomic E-state index is 4.32. The van der Waals surface area contributed by atoms with Gasteiger partial charge >= 0.3 is 0 Å². The summed E-state index contributed by atoms with van der Waals surface area (Å²) in [5, 5.41) is 0. The SMILES string of the molecule is CC.CC(C)c1ccc2c(c1)ncn2C. The van der Waals surface area contributed by atoms with Crippen LogP contribution in [-0.4, -0.2) is 9.55 Å². The van der Waals surface area contributed by atoms with Crippen LogP contribution >= 0.6 is 0 Å². The van der Waals surface area contributed by atoms with Crippen molar-refractivity contribution in [3.05, 3.63) is 30.1 Å². The largest absolute Gasteiger partial charge is 0.334 e. The van der Waals surface area contributed by atoms with Gasteiger partial charge in [0.05, 0.1) is 17.4 Å². The molecular weight excluding hydrogens is 184 g/mol. The Morgan fingerprint density at radius 1 is 1.20 bits per heavy atom. The topological polar surface area (TPSA) is 17.8 Å². The lowest BCUT2D eigenvalue weighted by molar-refractivity contribution is 0.868. The highest BCUT2D eigenvalue weighted by molar-refractivity contribution is 5.76. The number of rotatable bonds is 1. The lowest BCUT2D eigenvalue weighted by Crippen LogP contribution is -1.88. The summed E-state index contributed by atoms with van der Waals surface area (Å²) in [7, 11) is 2.02. The molecule has 2 heteroatoms. The van der Waals surface area contributed by atoms with Crippen molar-refractivity contribution in [2.45, 2.75) is 33.6 Å². The monoisotopic (exact) mass is 204 g/mol. The highest BCUT2D eigenvalue weighted by atomic mass is 15.0. The normalized spacial score (nSPS) is 10.3. The lowest BCUT2D eigenvalue weighted by atomic mass is 10.0. The van der Waals surface area contributed by atoms with Gasteiger partial charge in [0.25, 0.3) is 0 Å². The fourth-order valence-corrected chi connectivity index (χ4v) is 1.51. The van der Waals surface area contributed by atoms with E-state index in [9.17, 15) is 0 Å². The lowest BCUT2D eigenvalue weighted by Gasteiger charge is -2.04. The van der Waals surface area contributed by atoms with Gasteiger partial charge in [-0.3, -0.25) is 0 Å². The van der Waals surface area contributed by atoms with Crippen LogP contribution in [0.2, 0.25) is 0 Å². The number of imidazole rings is 1. The minimum atomic E-state index is 0.575. The highest BCUT2D eigenvalue weighted by Crippen LogP contribution is 2.19. The molecule has 0 aliphatic carbocycles. The van der Waals surface area contributed by atoms with Gasteiger partial charge in [-0.05, 0) is 23.6 Å². The molecule has 0 aliphatic heterocycles. The van der Waals surface area contributed by atoms with Gasteiger partial charge in [0.15, 0.2) is 0 Å². The van der Waals surface area contributed by atoms with Crippen LogP contribution in [0, 0.1) is 0 Å². The molecule has 0 bridgehead atoms. The van der Waals surface area contributed by atoms with E-state index in [2.05, 4.69) is 37.0 Å². The fourth-order valence-electron chi connectivity index (χ4n) is 1.51. The number of aromatic nitrogens is 2. The molecule has 82 valence electrons. The summed E-state index contributed by atoms with van der Waals surface area (Å²) in [6.45, 7) is 8.40. The van der Waals surface area contributed by atoms with Crippen molar-refractivity contribution in [2.24, 2.45) is 7.05 Å². The smallest absolute Gasteiger partial charge is 0.0955 e. The summed E-state index contributed by atoms with van der Waals surface area (Å²) in [6, 6.07) is 6.48. The second kappa shape index (κ2) is 4.96. The molecule has 2 nitrogen and oxygen atoms in total. The fraction of sp³-hybridized carbons (Fsp3) is 0.462. The number of fused-ring (bicyclic) bond motifs is 1. The van der Waals surface area contributed by atoms with Crippen LogP contribution in [0.4, 0.5) is 0 Å². The van der Waals surface area contributed by atoms with Crippen LogP contribution in [0.3, 0.4) is 0 Å². The van der Waals surface area contributed by atoms with Crippen LogP contribution in [-0.2, 0) is 7.05 Å². The Kier molecular flexibility index (Phi) is 3.89. The van der Waals surface area contributed by atoms with E-state index in [1.807, 2.05) is 31.8 Å². The summed E-state index contributed by atoms with van der Waals surface area (Å²) >= 11 is 0. The van der Waals surface area contributed by atoms with E-state index < -0.39 is 0 Å². The second-order valence-electron chi connectivity index (χ2n) is 3.76. The highest BCUT2D eigenvalue weighted by Gasteiger charge is 2.03. The van der Waals surface area contributed by atoms with E-state index >= 15 is 0 Å². The first kappa shape index (κ1) is 11.8. The average molecular weight is 204 g/mol. The third-order valence-electron chi connectivity index (χ3n) is 2.42. The standard InChI is InChI=1S/C11H14N2.C2H6/c1-8(2)9-4-5-11-10(6-9)12-7-13(11)3;1-2/h4-8H,1-3H3;1-2H3. The molecule has 0 amide bonds. The minimum Gasteiger partial charge on any atom is -0.334 e. The zero-order valence-electron chi connectivity index (χ0n) is 10.3. The summed E-state index contributed by atoms with van der Waals surface area (Å²) in [5.74, 6) is 0.575. The Morgan fingerprint density at radius 3 is 2.47 bits per heavy atom. The molecular formula is C13H20N2. The molecule has 0 radical (unpaired) electrons. The Bertz CT molecular complexity index is 427. The first-order chi connectivity index (χ1) is 7.18. The number of hydrogen-bond donors (Lipinski definition) is 0. The molecule has 0 aliphatic rings. The number of benzene rings is 1. The van der Waals surface area contributed by atoms with Crippen LogP contribution in [0.25, 0.3) is 11.0 Å². The Balaban J connectivity index is 0.000000531. The van der Waals surface area contributed by atoms with E-state index in [4.69, 9.17) is 0 Å². The van der Waals surface area contributed by atoms with Gasteiger partial charge in [0, 0.05) is 7.05 Å². The first-order valence-corrected chi connectivity index (χ1v) is 5.59. The van der Waals surface area contributed by atoms with E-state index in [0.717, 1.165) is 5.52 Å².